The third-order valence-corrected chi connectivity index (χ3v) is 5.56. The molecular weight excluding hydrogens is 422 g/mol. The smallest absolute Gasteiger partial charge is 0.193 e. The number of aromatic nitrogens is 2. The van der Waals surface area contributed by atoms with Gasteiger partial charge in [-0.05, 0) is 54.8 Å². The minimum absolute atomic E-state index is 0.150. The molecule has 0 bridgehead atoms. The van der Waals surface area contributed by atoms with Gasteiger partial charge in [0.2, 0.25) is 0 Å². The summed E-state index contributed by atoms with van der Waals surface area (Å²) in [5.74, 6) is 2.40. The van der Waals surface area contributed by atoms with Crippen molar-refractivity contribution in [3.8, 4) is 17.1 Å². The SMILES string of the molecule is CC(=O)Cc1ccc(OCCCNc2ncnc3scc(-c4ccc(Cl)o4)c23)cc1. The highest BCUT2D eigenvalue weighted by atomic mass is 35.5. The Labute approximate surface area is 182 Å². The number of furan rings is 1. The normalized spacial score (nSPS) is 11.0. The summed E-state index contributed by atoms with van der Waals surface area (Å²) < 4.78 is 11.3. The van der Waals surface area contributed by atoms with Gasteiger partial charge in [-0.3, -0.25) is 4.79 Å². The van der Waals surface area contributed by atoms with E-state index in [0.29, 0.717) is 30.6 Å². The molecule has 1 aromatic carbocycles. The summed E-state index contributed by atoms with van der Waals surface area (Å²) >= 11 is 7.47. The van der Waals surface area contributed by atoms with Gasteiger partial charge in [-0.2, -0.15) is 0 Å². The van der Waals surface area contributed by atoms with Crippen LogP contribution < -0.4 is 10.1 Å². The molecule has 0 atom stereocenters. The number of Topliss-reactive ketones (excluding diaryl/α,β-unsaturated/α-hetero) is 1. The van der Waals surface area contributed by atoms with Gasteiger partial charge in [-0.15, -0.1) is 11.3 Å². The number of ketones is 1. The minimum atomic E-state index is 0.150. The molecule has 0 saturated carbocycles. The second-order valence-electron chi connectivity index (χ2n) is 6.81. The lowest BCUT2D eigenvalue weighted by molar-refractivity contribution is -0.116. The van der Waals surface area contributed by atoms with Crippen LogP contribution in [0.25, 0.3) is 21.5 Å². The molecule has 0 aliphatic rings. The first-order chi connectivity index (χ1) is 14.6. The molecule has 0 aliphatic carbocycles. The molecule has 6 nitrogen and oxygen atoms in total. The number of fused-ring (bicyclic) bond motifs is 1. The molecule has 0 aliphatic heterocycles. The molecule has 8 heteroatoms. The molecular formula is C22H20ClN3O3S. The number of benzene rings is 1. The zero-order valence-corrected chi connectivity index (χ0v) is 17.9. The Kier molecular flexibility index (Phi) is 6.30. The molecule has 0 radical (unpaired) electrons. The zero-order chi connectivity index (χ0) is 20.9. The van der Waals surface area contributed by atoms with Crippen LogP contribution in [0.5, 0.6) is 5.75 Å². The Morgan fingerprint density at radius 3 is 2.77 bits per heavy atom. The quantitative estimate of drug-likeness (QED) is 0.340. The maximum absolute atomic E-state index is 11.2. The van der Waals surface area contributed by atoms with Gasteiger partial charge in [0.15, 0.2) is 5.22 Å². The Bertz CT molecular complexity index is 1150. The fourth-order valence-corrected chi connectivity index (χ4v) is 4.15. The van der Waals surface area contributed by atoms with Crippen molar-refractivity contribution >= 4 is 44.8 Å². The second-order valence-corrected chi connectivity index (χ2v) is 8.04. The maximum Gasteiger partial charge on any atom is 0.193 e. The first-order valence-electron chi connectivity index (χ1n) is 9.53. The van der Waals surface area contributed by atoms with Gasteiger partial charge in [0, 0.05) is 23.9 Å². The number of hydrogen-bond acceptors (Lipinski definition) is 7. The monoisotopic (exact) mass is 441 g/mol. The Balaban J connectivity index is 1.34. The van der Waals surface area contributed by atoms with Gasteiger partial charge in [0.05, 0.1) is 12.0 Å². The molecule has 4 aromatic rings. The van der Waals surface area contributed by atoms with E-state index in [0.717, 1.165) is 39.3 Å². The highest BCUT2D eigenvalue weighted by Crippen LogP contribution is 2.37. The minimum Gasteiger partial charge on any atom is -0.494 e. The van der Waals surface area contributed by atoms with Gasteiger partial charge < -0.3 is 14.5 Å². The van der Waals surface area contributed by atoms with Gasteiger partial charge in [0.1, 0.15) is 34.3 Å². The second kappa shape index (κ2) is 9.28. The van der Waals surface area contributed by atoms with E-state index < -0.39 is 0 Å². The van der Waals surface area contributed by atoms with Crippen molar-refractivity contribution in [3.63, 3.8) is 0 Å². The van der Waals surface area contributed by atoms with E-state index in [4.69, 9.17) is 20.8 Å². The van der Waals surface area contributed by atoms with Crippen LogP contribution in [0.3, 0.4) is 0 Å². The van der Waals surface area contributed by atoms with Gasteiger partial charge in [-0.1, -0.05) is 12.1 Å². The van der Waals surface area contributed by atoms with Crippen LogP contribution in [-0.2, 0) is 11.2 Å². The van der Waals surface area contributed by atoms with Crippen LogP contribution in [0, 0.1) is 0 Å². The van der Waals surface area contributed by atoms with E-state index in [-0.39, 0.29) is 5.78 Å². The maximum atomic E-state index is 11.2. The fraction of sp³-hybridized carbons (Fsp3) is 0.227. The number of anilines is 1. The summed E-state index contributed by atoms with van der Waals surface area (Å²) in [5, 5.41) is 6.65. The molecule has 3 aromatic heterocycles. The average Bonchev–Trinajstić information content (AvgIpc) is 3.35. The van der Waals surface area contributed by atoms with E-state index in [9.17, 15) is 4.79 Å². The van der Waals surface area contributed by atoms with Crippen LogP contribution in [0.15, 0.2) is 52.5 Å². The molecule has 0 amide bonds. The Hall–Kier alpha value is -2.90. The molecule has 3 heterocycles. The summed E-state index contributed by atoms with van der Waals surface area (Å²) in [6.07, 6.45) is 2.80. The standard InChI is InChI=1S/C22H20ClN3O3S/c1-14(27)11-15-3-5-16(6-4-15)28-10-2-9-24-21-20-17(18-7-8-19(23)29-18)12-30-22(20)26-13-25-21/h3-8,12-13H,2,9-11H2,1H3,(H,24,25,26). The van der Waals surface area contributed by atoms with Gasteiger partial charge in [-0.25, -0.2) is 9.97 Å². The van der Waals surface area contributed by atoms with E-state index in [1.165, 1.54) is 11.3 Å². The third kappa shape index (κ3) is 4.80. The van der Waals surface area contributed by atoms with Crippen molar-refractivity contribution in [1.82, 2.24) is 9.97 Å². The van der Waals surface area contributed by atoms with E-state index in [1.807, 2.05) is 35.7 Å². The summed E-state index contributed by atoms with van der Waals surface area (Å²) in [5.41, 5.74) is 1.92. The van der Waals surface area contributed by atoms with Crippen molar-refractivity contribution in [2.24, 2.45) is 0 Å². The number of thiophene rings is 1. The number of nitrogens with one attached hydrogen (secondary N) is 1. The fourth-order valence-electron chi connectivity index (χ4n) is 3.11. The predicted molar refractivity (Wildman–Crippen MR) is 120 cm³/mol. The molecule has 4 rings (SSSR count). The average molecular weight is 442 g/mol. The van der Waals surface area contributed by atoms with Gasteiger partial charge >= 0.3 is 0 Å². The molecule has 1 N–H and O–H groups in total. The first kappa shape index (κ1) is 20.4. The molecule has 0 fully saturated rings. The number of halogens is 1. The highest BCUT2D eigenvalue weighted by Gasteiger charge is 2.15. The van der Waals surface area contributed by atoms with E-state index in [2.05, 4.69) is 15.3 Å². The van der Waals surface area contributed by atoms with Crippen LogP contribution in [0.2, 0.25) is 5.22 Å². The Morgan fingerprint density at radius 2 is 2.03 bits per heavy atom. The molecule has 0 saturated heterocycles. The number of nitrogens with zero attached hydrogens (tertiary/aromatic N) is 2. The van der Waals surface area contributed by atoms with E-state index in [1.54, 1.807) is 19.3 Å². The molecule has 0 unspecified atom stereocenters. The largest absolute Gasteiger partial charge is 0.494 e. The highest BCUT2D eigenvalue weighted by molar-refractivity contribution is 7.17. The number of rotatable bonds is 9. The molecule has 0 spiro atoms. The van der Waals surface area contributed by atoms with Crippen molar-refractivity contribution in [2.45, 2.75) is 19.8 Å². The number of carbonyl (C=O) groups excluding carboxylic acids is 1. The van der Waals surface area contributed by atoms with Crippen LogP contribution in [-0.4, -0.2) is 28.9 Å². The third-order valence-electron chi connectivity index (χ3n) is 4.47. The molecule has 154 valence electrons. The lowest BCUT2D eigenvalue weighted by Crippen LogP contribution is -2.08. The van der Waals surface area contributed by atoms with Crippen molar-refractivity contribution in [3.05, 3.63) is 58.9 Å². The Morgan fingerprint density at radius 1 is 1.20 bits per heavy atom. The van der Waals surface area contributed by atoms with Crippen molar-refractivity contribution in [2.75, 3.05) is 18.5 Å². The summed E-state index contributed by atoms with van der Waals surface area (Å²) in [6.45, 7) is 2.85. The number of ether oxygens (including phenoxy) is 1. The van der Waals surface area contributed by atoms with E-state index >= 15 is 0 Å². The lowest BCUT2D eigenvalue weighted by atomic mass is 10.1. The summed E-state index contributed by atoms with van der Waals surface area (Å²) in [7, 11) is 0. The lowest BCUT2D eigenvalue weighted by Gasteiger charge is -2.09. The molecule has 30 heavy (non-hydrogen) atoms. The van der Waals surface area contributed by atoms with Crippen LogP contribution in [0.1, 0.15) is 18.9 Å². The van der Waals surface area contributed by atoms with Crippen molar-refractivity contribution < 1.29 is 13.9 Å². The van der Waals surface area contributed by atoms with Gasteiger partial charge in [0.25, 0.3) is 0 Å². The zero-order valence-electron chi connectivity index (χ0n) is 16.4. The number of carbonyl (C=O) groups is 1. The summed E-state index contributed by atoms with van der Waals surface area (Å²) in [4.78, 5) is 20.8. The van der Waals surface area contributed by atoms with Crippen LogP contribution in [0.4, 0.5) is 5.82 Å². The number of hydrogen-bond donors (Lipinski definition) is 1. The summed E-state index contributed by atoms with van der Waals surface area (Å²) in [6, 6.07) is 11.2. The predicted octanol–water partition coefficient (Wildman–Crippen LogP) is 5.62. The van der Waals surface area contributed by atoms with Crippen LogP contribution >= 0.6 is 22.9 Å². The first-order valence-corrected chi connectivity index (χ1v) is 10.8. The topological polar surface area (TPSA) is 77.2 Å². The van der Waals surface area contributed by atoms with Crippen molar-refractivity contribution in [1.29, 1.82) is 0 Å².